The minimum absolute atomic E-state index is 0.179. The van der Waals surface area contributed by atoms with Crippen molar-refractivity contribution in [3.05, 3.63) is 53.4 Å². The monoisotopic (exact) mass is 579 g/mol. The Kier molecular flexibility index (Phi) is 7.92. The van der Waals surface area contributed by atoms with Crippen molar-refractivity contribution in [2.75, 3.05) is 56.2 Å². The van der Waals surface area contributed by atoms with Crippen molar-refractivity contribution >= 4 is 28.2 Å². The Morgan fingerprint density at radius 1 is 1.19 bits per heavy atom. The number of aryl methyl sites for hydroxylation is 1. The summed E-state index contributed by atoms with van der Waals surface area (Å²) in [5.74, 6) is 0.180. The number of anilines is 2. The lowest BCUT2D eigenvalue weighted by Crippen LogP contribution is -2.55. The highest BCUT2D eigenvalue weighted by molar-refractivity contribution is 5.93. The molecule has 0 aliphatic carbocycles. The van der Waals surface area contributed by atoms with Gasteiger partial charge in [0.15, 0.2) is 0 Å². The predicted octanol–water partition coefficient (Wildman–Crippen LogP) is 3.29. The summed E-state index contributed by atoms with van der Waals surface area (Å²) in [5.41, 5.74) is 6.46. The van der Waals surface area contributed by atoms with Gasteiger partial charge in [-0.15, -0.1) is 0 Å². The van der Waals surface area contributed by atoms with E-state index in [0.717, 1.165) is 65.0 Å². The number of pyridine rings is 1. The van der Waals surface area contributed by atoms with Crippen LogP contribution >= 0.6 is 0 Å². The number of H-pyrrole nitrogens is 1. The lowest BCUT2D eigenvalue weighted by molar-refractivity contribution is -0.128. The van der Waals surface area contributed by atoms with Crippen LogP contribution in [-0.2, 0) is 17.8 Å². The van der Waals surface area contributed by atoms with Gasteiger partial charge in [-0.1, -0.05) is 12.6 Å². The first-order valence-electron chi connectivity index (χ1n) is 14.9. The number of carbonyl (C=O) groups excluding carboxylic acids is 1. The van der Waals surface area contributed by atoms with E-state index in [2.05, 4.69) is 69.7 Å². The minimum Gasteiger partial charge on any atom is -0.475 e. The first kappa shape index (κ1) is 28.5. The standard InChI is InChI=1S/C32H37N9O2/c1-4-29(42)41-15-14-40(18-22(41)9-11-33)31-24-10-13-39(30-21(2)7-8-27-26(30)17-35-37-27)19-28(24)36-32(25(31)16-34)43-20-23-6-5-12-38(23)3/h4,7-8,17,22-23H,1,5-6,9-10,12-15,18-20H2,2-3H3,(H,35,37). The number of ether oxygens (including phenoxy) is 1. The van der Waals surface area contributed by atoms with Crippen LogP contribution in [-0.4, -0.2) is 89.4 Å². The lowest BCUT2D eigenvalue weighted by Gasteiger charge is -2.43. The summed E-state index contributed by atoms with van der Waals surface area (Å²) in [6, 6.07) is 8.80. The van der Waals surface area contributed by atoms with Gasteiger partial charge in [0.1, 0.15) is 18.2 Å². The first-order valence-corrected chi connectivity index (χ1v) is 14.9. The van der Waals surface area contributed by atoms with E-state index in [4.69, 9.17) is 9.72 Å². The molecule has 2 saturated heterocycles. The second kappa shape index (κ2) is 11.9. The highest BCUT2D eigenvalue weighted by atomic mass is 16.5. The van der Waals surface area contributed by atoms with Crippen LogP contribution in [0.3, 0.4) is 0 Å². The van der Waals surface area contributed by atoms with E-state index in [1.807, 2.05) is 6.20 Å². The molecule has 11 nitrogen and oxygen atoms in total. The molecule has 2 aromatic heterocycles. The average Bonchev–Trinajstić information content (AvgIpc) is 3.67. The van der Waals surface area contributed by atoms with Gasteiger partial charge in [-0.05, 0) is 57.5 Å². The smallest absolute Gasteiger partial charge is 0.246 e. The Labute approximate surface area is 251 Å². The zero-order valence-electron chi connectivity index (χ0n) is 24.8. The van der Waals surface area contributed by atoms with Crippen LogP contribution in [0, 0.1) is 29.6 Å². The molecule has 0 radical (unpaired) electrons. The third-order valence-electron chi connectivity index (χ3n) is 9.19. The molecule has 3 aliphatic heterocycles. The number of likely N-dealkylation sites (tertiary alicyclic amines) is 1. The molecular formula is C32H37N9O2. The number of likely N-dealkylation sites (N-methyl/N-ethyl adjacent to an activating group) is 1. The number of nitrogens with zero attached hydrogens (tertiary/aromatic N) is 8. The van der Waals surface area contributed by atoms with E-state index < -0.39 is 0 Å². The van der Waals surface area contributed by atoms with Crippen LogP contribution in [0.15, 0.2) is 31.0 Å². The van der Waals surface area contributed by atoms with E-state index in [0.29, 0.717) is 50.7 Å². The molecule has 3 aromatic rings. The number of amides is 1. The SMILES string of the molecule is C=CC(=O)N1CCN(c2c(C#N)c(OCC3CCCN3C)nc3c2CCN(c2c(C)ccc4[nH]ncc24)C3)CC1CC#N. The van der Waals surface area contributed by atoms with E-state index in [1.165, 1.54) is 6.08 Å². The highest BCUT2D eigenvalue weighted by Gasteiger charge is 2.35. The molecule has 1 aromatic carbocycles. The normalized spacial score (nSPS) is 20.5. The summed E-state index contributed by atoms with van der Waals surface area (Å²) in [6.07, 6.45) is 6.24. The van der Waals surface area contributed by atoms with Gasteiger partial charge < -0.3 is 24.3 Å². The summed E-state index contributed by atoms with van der Waals surface area (Å²) >= 11 is 0. The predicted molar refractivity (Wildman–Crippen MR) is 164 cm³/mol. The summed E-state index contributed by atoms with van der Waals surface area (Å²) in [6.45, 7) is 9.99. The summed E-state index contributed by atoms with van der Waals surface area (Å²) in [4.78, 5) is 26.1. The van der Waals surface area contributed by atoms with E-state index in [1.54, 1.807) is 4.90 Å². The van der Waals surface area contributed by atoms with Gasteiger partial charge in [0, 0.05) is 43.2 Å². The molecule has 11 heteroatoms. The fraction of sp³-hybridized carbons (Fsp3) is 0.469. The van der Waals surface area contributed by atoms with Crippen molar-refractivity contribution in [1.29, 1.82) is 10.5 Å². The molecule has 2 unspecified atom stereocenters. The topological polar surface area (TPSA) is 128 Å². The number of aromatic amines is 1. The summed E-state index contributed by atoms with van der Waals surface area (Å²) in [7, 11) is 2.11. The zero-order chi connectivity index (χ0) is 30.1. The molecule has 1 amide bonds. The largest absolute Gasteiger partial charge is 0.475 e. The molecule has 2 fully saturated rings. The number of carbonyl (C=O) groups is 1. The van der Waals surface area contributed by atoms with Crippen LogP contribution < -0.4 is 14.5 Å². The van der Waals surface area contributed by atoms with Gasteiger partial charge in [-0.25, -0.2) is 4.98 Å². The Bertz CT molecular complexity index is 1630. The number of aromatic nitrogens is 3. The van der Waals surface area contributed by atoms with Crippen molar-refractivity contribution in [2.45, 2.75) is 51.2 Å². The number of fused-ring (bicyclic) bond motifs is 2. The van der Waals surface area contributed by atoms with E-state index in [9.17, 15) is 15.3 Å². The minimum atomic E-state index is -0.308. The molecule has 0 spiro atoms. The van der Waals surface area contributed by atoms with Crippen molar-refractivity contribution in [3.63, 3.8) is 0 Å². The second-order valence-corrected chi connectivity index (χ2v) is 11.7. The maximum atomic E-state index is 12.6. The molecule has 6 rings (SSSR count). The second-order valence-electron chi connectivity index (χ2n) is 11.7. The average molecular weight is 580 g/mol. The third-order valence-corrected chi connectivity index (χ3v) is 9.19. The van der Waals surface area contributed by atoms with Gasteiger partial charge >= 0.3 is 0 Å². The summed E-state index contributed by atoms with van der Waals surface area (Å²) in [5, 5.41) is 28.5. The van der Waals surface area contributed by atoms with Crippen molar-refractivity contribution in [3.8, 4) is 18.0 Å². The van der Waals surface area contributed by atoms with Crippen molar-refractivity contribution in [2.24, 2.45) is 0 Å². The van der Waals surface area contributed by atoms with Crippen LogP contribution in [0.1, 0.15) is 41.6 Å². The maximum Gasteiger partial charge on any atom is 0.246 e. The van der Waals surface area contributed by atoms with E-state index in [-0.39, 0.29) is 24.4 Å². The van der Waals surface area contributed by atoms with Crippen LogP contribution in [0.4, 0.5) is 11.4 Å². The highest BCUT2D eigenvalue weighted by Crippen LogP contribution is 2.40. The van der Waals surface area contributed by atoms with Crippen molar-refractivity contribution in [1.82, 2.24) is 25.0 Å². The van der Waals surface area contributed by atoms with Gasteiger partial charge in [-0.3, -0.25) is 9.89 Å². The quantitative estimate of drug-likeness (QED) is 0.419. The number of nitriles is 2. The number of piperazine rings is 1. The van der Waals surface area contributed by atoms with Crippen LogP contribution in [0.5, 0.6) is 5.88 Å². The Morgan fingerprint density at radius 3 is 2.79 bits per heavy atom. The first-order chi connectivity index (χ1) is 20.9. The Balaban J connectivity index is 1.40. The van der Waals surface area contributed by atoms with Gasteiger partial charge in [0.05, 0.1) is 53.9 Å². The van der Waals surface area contributed by atoms with Crippen LogP contribution in [0.25, 0.3) is 10.9 Å². The van der Waals surface area contributed by atoms with Crippen LogP contribution in [0.2, 0.25) is 0 Å². The fourth-order valence-corrected chi connectivity index (χ4v) is 6.92. The number of nitrogens with one attached hydrogen (secondary N) is 1. The molecule has 1 N–H and O–H groups in total. The number of rotatable bonds is 7. The van der Waals surface area contributed by atoms with E-state index >= 15 is 0 Å². The Hall–Kier alpha value is -4.61. The van der Waals surface area contributed by atoms with Gasteiger partial charge in [0.25, 0.3) is 0 Å². The molecule has 0 saturated carbocycles. The molecule has 5 heterocycles. The van der Waals surface area contributed by atoms with Gasteiger partial charge in [0.2, 0.25) is 11.8 Å². The lowest BCUT2D eigenvalue weighted by atomic mass is 9.96. The molecule has 43 heavy (non-hydrogen) atoms. The Morgan fingerprint density at radius 2 is 2.05 bits per heavy atom. The van der Waals surface area contributed by atoms with Crippen molar-refractivity contribution < 1.29 is 9.53 Å². The molecule has 3 aliphatic rings. The number of hydrogen-bond acceptors (Lipinski definition) is 9. The third kappa shape index (κ3) is 5.26. The molecule has 2 atom stereocenters. The number of hydrogen-bond donors (Lipinski definition) is 1. The maximum absolute atomic E-state index is 12.6. The number of benzene rings is 1. The fourth-order valence-electron chi connectivity index (χ4n) is 6.92. The zero-order valence-corrected chi connectivity index (χ0v) is 24.8. The van der Waals surface area contributed by atoms with Gasteiger partial charge in [-0.2, -0.15) is 15.6 Å². The summed E-state index contributed by atoms with van der Waals surface area (Å²) < 4.78 is 6.39. The molecule has 222 valence electrons. The molecular weight excluding hydrogens is 542 g/mol. The molecule has 0 bridgehead atoms.